The Kier molecular flexibility index (Phi) is 6.36. The van der Waals surface area contributed by atoms with Crippen molar-refractivity contribution in [1.82, 2.24) is 9.88 Å². The van der Waals surface area contributed by atoms with Gasteiger partial charge in [-0.15, -0.1) is 12.4 Å². The molecule has 0 atom stereocenters. The number of hydrogen-bond acceptors (Lipinski definition) is 3. The van der Waals surface area contributed by atoms with E-state index in [1.807, 2.05) is 12.1 Å². The third kappa shape index (κ3) is 4.47. The van der Waals surface area contributed by atoms with Crippen LogP contribution in [0.1, 0.15) is 18.4 Å². The van der Waals surface area contributed by atoms with Crippen LogP contribution >= 0.6 is 24.0 Å². The molecule has 136 valence electrons. The van der Waals surface area contributed by atoms with Gasteiger partial charge in [0.25, 0.3) is 0 Å². The van der Waals surface area contributed by atoms with E-state index in [1.54, 1.807) is 12.4 Å². The van der Waals surface area contributed by atoms with Gasteiger partial charge in [0.05, 0.1) is 5.02 Å². The third-order valence-electron chi connectivity index (χ3n) is 4.77. The van der Waals surface area contributed by atoms with Gasteiger partial charge in [-0.3, -0.25) is 9.88 Å². The number of fused-ring (bicyclic) bond motifs is 1. The molecule has 4 rings (SSSR count). The minimum Gasteiger partial charge on any atom is -0.490 e. The van der Waals surface area contributed by atoms with Crippen molar-refractivity contribution >= 4 is 34.8 Å². The van der Waals surface area contributed by atoms with Gasteiger partial charge in [0.15, 0.2) is 0 Å². The first-order valence-electron chi connectivity index (χ1n) is 8.74. The number of pyridine rings is 1. The number of halogens is 2. The van der Waals surface area contributed by atoms with Crippen molar-refractivity contribution in [1.29, 1.82) is 0 Å². The molecule has 0 bridgehead atoms. The van der Waals surface area contributed by atoms with Gasteiger partial charge < -0.3 is 4.74 Å². The molecule has 1 fully saturated rings. The van der Waals surface area contributed by atoms with Crippen LogP contribution in [0, 0.1) is 0 Å². The molecule has 0 saturated carbocycles. The van der Waals surface area contributed by atoms with Gasteiger partial charge in [-0.25, -0.2) is 0 Å². The van der Waals surface area contributed by atoms with Crippen molar-refractivity contribution in [3.63, 3.8) is 0 Å². The fourth-order valence-corrected chi connectivity index (χ4v) is 3.68. The van der Waals surface area contributed by atoms with E-state index in [0.717, 1.165) is 49.0 Å². The SMILES string of the molecule is Cl.Clc1cc(OC2CCN(Cc3ccccc3)CC2)cc2ccncc12. The average molecular weight is 389 g/mol. The van der Waals surface area contributed by atoms with E-state index in [9.17, 15) is 0 Å². The highest BCUT2D eigenvalue weighted by molar-refractivity contribution is 6.35. The van der Waals surface area contributed by atoms with Gasteiger partial charge in [0.1, 0.15) is 11.9 Å². The van der Waals surface area contributed by atoms with Gasteiger partial charge in [0, 0.05) is 37.4 Å². The zero-order valence-corrected chi connectivity index (χ0v) is 16.0. The lowest BCUT2D eigenvalue weighted by Gasteiger charge is -2.32. The number of likely N-dealkylation sites (tertiary alicyclic amines) is 1. The van der Waals surface area contributed by atoms with Crippen LogP contribution in [0.25, 0.3) is 10.8 Å². The Morgan fingerprint density at radius 3 is 2.62 bits per heavy atom. The molecule has 1 aromatic heterocycles. The Morgan fingerprint density at radius 1 is 1.08 bits per heavy atom. The number of piperidine rings is 1. The summed E-state index contributed by atoms with van der Waals surface area (Å²) >= 11 is 6.37. The Morgan fingerprint density at radius 2 is 1.85 bits per heavy atom. The molecule has 0 spiro atoms. The highest BCUT2D eigenvalue weighted by Crippen LogP contribution is 2.30. The van der Waals surface area contributed by atoms with E-state index in [0.29, 0.717) is 5.02 Å². The number of rotatable bonds is 4. The van der Waals surface area contributed by atoms with Gasteiger partial charge in [0.2, 0.25) is 0 Å². The molecule has 2 aromatic carbocycles. The molecule has 3 aromatic rings. The van der Waals surface area contributed by atoms with Crippen molar-refractivity contribution in [2.24, 2.45) is 0 Å². The van der Waals surface area contributed by atoms with E-state index in [1.165, 1.54) is 5.56 Å². The minimum absolute atomic E-state index is 0. The van der Waals surface area contributed by atoms with E-state index in [-0.39, 0.29) is 18.5 Å². The third-order valence-corrected chi connectivity index (χ3v) is 5.08. The molecule has 1 aliphatic heterocycles. The summed E-state index contributed by atoms with van der Waals surface area (Å²) in [4.78, 5) is 6.63. The second-order valence-electron chi connectivity index (χ2n) is 6.58. The number of nitrogens with zero attached hydrogens (tertiary/aromatic N) is 2. The van der Waals surface area contributed by atoms with Crippen molar-refractivity contribution in [3.05, 3.63) is 71.5 Å². The van der Waals surface area contributed by atoms with Crippen LogP contribution in [0.5, 0.6) is 5.75 Å². The summed E-state index contributed by atoms with van der Waals surface area (Å²) in [6, 6.07) is 16.6. The Bertz CT molecular complexity index is 849. The first-order chi connectivity index (χ1) is 12.3. The number of benzene rings is 2. The van der Waals surface area contributed by atoms with Crippen LogP contribution in [0.4, 0.5) is 0 Å². The molecule has 1 aliphatic rings. The first kappa shape index (κ1) is 19.0. The smallest absolute Gasteiger partial charge is 0.121 e. The normalized spacial score (nSPS) is 15.6. The highest BCUT2D eigenvalue weighted by Gasteiger charge is 2.21. The summed E-state index contributed by atoms with van der Waals surface area (Å²) in [5, 5.41) is 2.73. The predicted octanol–water partition coefficient (Wildman–Crippen LogP) is 5.35. The largest absolute Gasteiger partial charge is 0.490 e. The summed E-state index contributed by atoms with van der Waals surface area (Å²) < 4.78 is 6.21. The fraction of sp³-hybridized carbons (Fsp3) is 0.286. The molecule has 1 saturated heterocycles. The summed E-state index contributed by atoms with van der Waals surface area (Å²) in [6.07, 6.45) is 5.91. The molecule has 0 amide bonds. The first-order valence-corrected chi connectivity index (χ1v) is 9.12. The van der Waals surface area contributed by atoms with E-state index in [4.69, 9.17) is 16.3 Å². The highest BCUT2D eigenvalue weighted by atomic mass is 35.5. The number of aromatic nitrogens is 1. The van der Waals surface area contributed by atoms with E-state index < -0.39 is 0 Å². The zero-order chi connectivity index (χ0) is 17.1. The van der Waals surface area contributed by atoms with Crippen LogP contribution in [-0.4, -0.2) is 29.1 Å². The molecule has 0 aliphatic carbocycles. The molecule has 0 N–H and O–H groups in total. The van der Waals surface area contributed by atoms with Crippen molar-refractivity contribution in [2.75, 3.05) is 13.1 Å². The van der Waals surface area contributed by atoms with Crippen LogP contribution in [0.15, 0.2) is 60.9 Å². The molecule has 0 unspecified atom stereocenters. The molecular weight excluding hydrogens is 367 g/mol. The molecule has 2 heterocycles. The fourth-order valence-electron chi connectivity index (χ4n) is 3.42. The molecule has 0 radical (unpaired) electrons. The van der Waals surface area contributed by atoms with E-state index >= 15 is 0 Å². The second kappa shape index (κ2) is 8.72. The van der Waals surface area contributed by atoms with Crippen LogP contribution in [-0.2, 0) is 6.54 Å². The summed E-state index contributed by atoms with van der Waals surface area (Å²) in [5.74, 6) is 0.852. The lowest BCUT2D eigenvalue weighted by Crippen LogP contribution is -2.37. The maximum atomic E-state index is 6.37. The maximum Gasteiger partial charge on any atom is 0.121 e. The lowest BCUT2D eigenvalue weighted by atomic mass is 10.1. The molecule has 3 nitrogen and oxygen atoms in total. The summed E-state index contributed by atoms with van der Waals surface area (Å²) in [7, 11) is 0. The average Bonchev–Trinajstić information content (AvgIpc) is 2.64. The number of hydrogen-bond donors (Lipinski definition) is 0. The van der Waals surface area contributed by atoms with Gasteiger partial charge in [-0.1, -0.05) is 41.9 Å². The van der Waals surface area contributed by atoms with Crippen molar-refractivity contribution < 1.29 is 4.74 Å². The summed E-state index contributed by atoms with van der Waals surface area (Å²) in [6.45, 7) is 3.14. The van der Waals surface area contributed by atoms with Gasteiger partial charge in [-0.05, 0) is 42.0 Å². The zero-order valence-electron chi connectivity index (χ0n) is 14.5. The maximum absolute atomic E-state index is 6.37. The van der Waals surface area contributed by atoms with Gasteiger partial charge in [-0.2, -0.15) is 0 Å². The topological polar surface area (TPSA) is 25.4 Å². The van der Waals surface area contributed by atoms with Gasteiger partial charge >= 0.3 is 0 Å². The van der Waals surface area contributed by atoms with E-state index in [2.05, 4.69) is 46.3 Å². The lowest BCUT2D eigenvalue weighted by molar-refractivity contribution is 0.0969. The second-order valence-corrected chi connectivity index (χ2v) is 6.99. The molecular formula is C21H22Cl2N2O. The quantitative estimate of drug-likeness (QED) is 0.601. The van der Waals surface area contributed by atoms with Crippen molar-refractivity contribution in [2.45, 2.75) is 25.5 Å². The molecule has 26 heavy (non-hydrogen) atoms. The molecule has 5 heteroatoms. The predicted molar refractivity (Wildman–Crippen MR) is 109 cm³/mol. The Hall–Kier alpha value is -1.81. The number of ether oxygens (including phenoxy) is 1. The van der Waals surface area contributed by atoms with Crippen molar-refractivity contribution in [3.8, 4) is 5.75 Å². The van der Waals surface area contributed by atoms with Crippen LogP contribution in [0.2, 0.25) is 5.02 Å². The standard InChI is InChI=1S/C21H21ClN2O.ClH/c22-21-13-19(12-17-6-9-23-14-20(17)21)25-18-7-10-24(11-8-18)15-16-4-2-1-3-5-16;/h1-6,9,12-14,18H,7-8,10-11,15H2;1H. The summed E-state index contributed by atoms with van der Waals surface area (Å²) in [5.41, 5.74) is 1.37. The monoisotopic (exact) mass is 388 g/mol. The Balaban J connectivity index is 0.00000196. The van der Waals surface area contributed by atoms with Crippen LogP contribution < -0.4 is 4.74 Å². The van der Waals surface area contributed by atoms with Crippen LogP contribution in [0.3, 0.4) is 0 Å². The Labute approximate surface area is 165 Å². The minimum atomic E-state index is 0.